The summed E-state index contributed by atoms with van der Waals surface area (Å²) in [5.74, 6) is -0.400. The summed E-state index contributed by atoms with van der Waals surface area (Å²) in [5, 5.41) is 11.9. The third kappa shape index (κ3) is 5.50. The Labute approximate surface area is 223 Å². The van der Waals surface area contributed by atoms with Gasteiger partial charge in [-0.15, -0.1) is 0 Å². The molecule has 0 atom stereocenters. The molecule has 0 fully saturated rings. The number of carboxylic acids is 1. The summed E-state index contributed by atoms with van der Waals surface area (Å²) in [5.41, 5.74) is 6.12. The highest BCUT2D eigenvalue weighted by Gasteiger charge is 2.32. The average molecular weight is 520 g/mol. The van der Waals surface area contributed by atoms with Gasteiger partial charge in [0, 0.05) is 44.4 Å². The molecule has 0 unspecified atom stereocenters. The average Bonchev–Trinajstić information content (AvgIpc) is 3.08. The van der Waals surface area contributed by atoms with E-state index in [1.165, 1.54) is 27.0 Å². The first-order chi connectivity index (χ1) is 17.0. The van der Waals surface area contributed by atoms with E-state index in [4.69, 9.17) is 11.6 Å². The Hall–Kier alpha value is -2.69. The number of aliphatic carboxylic acids is 1. The molecule has 4 aromatic rings. The minimum Gasteiger partial charge on any atom is -0.481 e. The minimum absolute atomic E-state index is 0.395. The molecule has 1 heterocycles. The van der Waals surface area contributed by atoms with Gasteiger partial charge in [-0.2, -0.15) is 0 Å². The van der Waals surface area contributed by atoms with Crippen molar-refractivity contribution in [3.8, 4) is 0 Å². The molecule has 0 saturated carbocycles. The number of halogens is 1. The largest absolute Gasteiger partial charge is 0.481 e. The molecule has 0 aliphatic carbocycles. The standard InChI is InChI=1S/C31H34ClNO2S/c1-19(2)23-10-13-26-25(16-23)29(36-28-14-7-20(3)15-21(28)4)27(17-31(5,6)30(34)35)33(26)18-22-8-11-24(32)12-9-22/h7-16,19H,17-18H2,1-6H3,(H,34,35). The molecular weight excluding hydrogens is 486 g/mol. The van der Waals surface area contributed by atoms with Crippen molar-refractivity contribution in [3.63, 3.8) is 0 Å². The molecule has 5 heteroatoms. The fourth-order valence-corrected chi connectivity index (χ4v) is 5.79. The van der Waals surface area contributed by atoms with E-state index in [0.717, 1.165) is 21.7 Å². The van der Waals surface area contributed by atoms with E-state index in [-0.39, 0.29) is 0 Å². The first-order valence-electron chi connectivity index (χ1n) is 12.3. The van der Waals surface area contributed by atoms with E-state index in [9.17, 15) is 9.90 Å². The lowest BCUT2D eigenvalue weighted by Gasteiger charge is -2.22. The highest BCUT2D eigenvalue weighted by molar-refractivity contribution is 7.99. The fraction of sp³-hybridized carbons (Fsp3) is 0.323. The van der Waals surface area contributed by atoms with Gasteiger partial charge in [-0.05, 0) is 80.6 Å². The zero-order valence-electron chi connectivity index (χ0n) is 21.9. The number of rotatable bonds is 8. The maximum absolute atomic E-state index is 12.2. The number of nitrogens with zero attached hydrogens (tertiary/aromatic N) is 1. The maximum Gasteiger partial charge on any atom is 0.309 e. The topological polar surface area (TPSA) is 42.2 Å². The summed E-state index contributed by atoms with van der Waals surface area (Å²) >= 11 is 7.91. The highest BCUT2D eigenvalue weighted by Crippen LogP contribution is 2.43. The Kier molecular flexibility index (Phi) is 7.59. The lowest BCUT2D eigenvalue weighted by atomic mass is 9.88. The summed E-state index contributed by atoms with van der Waals surface area (Å²) in [7, 11) is 0. The van der Waals surface area contributed by atoms with E-state index < -0.39 is 11.4 Å². The first-order valence-corrected chi connectivity index (χ1v) is 13.5. The van der Waals surface area contributed by atoms with E-state index in [0.29, 0.717) is 23.9 Å². The van der Waals surface area contributed by atoms with Crippen molar-refractivity contribution in [2.45, 2.75) is 70.2 Å². The highest BCUT2D eigenvalue weighted by atomic mass is 35.5. The number of hydrogen-bond donors (Lipinski definition) is 1. The van der Waals surface area contributed by atoms with Crippen molar-refractivity contribution < 1.29 is 9.90 Å². The molecule has 0 radical (unpaired) electrons. The Morgan fingerprint density at radius 1 is 1.03 bits per heavy atom. The molecule has 0 aliphatic rings. The number of fused-ring (bicyclic) bond motifs is 1. The van der Waals surface area contributed by atoms with Crippen LogP contribution >= 0.6 is 23.4 Å². The van der Waals surface area contributed by atoms with Crippen LogP contribution in [0, 0.1) is 19.3 Å². The number of aromatic nitrogens is 1. The molecule has 3 nitrogen and oxygen atoms in total. The van der Waals surface area contributed by atoms with Gasteiger partial charge in [0.2, 0.25) is 0 Å². The maximum atomic E-state index is 12.2. The van der Waals surface area contributed by atoms with Crippen LogP contribution in [0.3, 0.4) is 0 Å². The van der Waals surface area contributed by atoms with Gasteiger partial charge in [-0.25, -0.2) is 0 Å². The van der Waals surface area contributed by atoms with Crippen LogP contribution in [-0.4, -0.2) is 15.6 Å². The summed E-state index contributed by atoms with van der Waals surface area (Å²) in [6, 6.07) is 21.1. The van der Waals surface area contributed by atoms with E-state index in [2.05, 4.69) is 68.7 Å². The Morgan fingerprint density at radius 3 is 2.33 bits per heavy atom. The monoisotopic (exact) mass is 519 g/mol. The SMILES string of the molecule is Cc1ccc(Sc2c(CC(C)(C)C(=O)O)n(Cc3ccc(Cl)cc3)c3ccc(C(C)C)cc23)c(C)c1. The predicted molar refractivity (Wildman–Crippen MR) is 152 cm³/mol. The van der Waals surface area contributed by atoms with E-state index in [1.807, 2.05) is 38.1 Å². The summed E-state index contributed by atoms with van der Waals surface area (Å²) < 4.78 is 2.30. The molecule has 3 aromatic carbocycles. The van der Waals surface area contributed by atoms with Crippen LogP contribution in [0.4, 0.5) is 0 Å². The van der Waals surface area contributed by atoms with Crippen LogP contribution in [0.2, 0.25) is 5.02 Å². The quantitative estimate of drug-likeness (QED) is 0.252. The van der Waals surface area contributed by atoms with Crippen LogP contribution < -0.4 is 0 Å². The molecule has 0 bridgehead atoms. The molecule has 1 aromatic heterocycles. The van der Waals surface area contributed by atoms with E-state index in [1.54, 1.807) is 11.8 Å². The second-order valence-corrected chi connectivity index (χ2v) is 12.1. The van der Waals surface area contributed by atoms with Crippen molar-refractivity contribution in [1.82, 2.24) is 4.57 Å². The number of aryl methyl sites for hydroxylation is 2. The predicted octanol–water partition coefficient (Wildman–Crippen LogP) is 8.89. The Morgan fingerprint density at radius 2 is 1.72 bits per heavy atom. The molecule has 36 heavy (non-hydrogen) atoms. The van der Waals surface area contributed by atoms with Gasteiger partial charge >= 0.3 is 5.97 Å². The summed E-state index contributed by atoms with van der Waals surface area (Å²) in [6.07, 6.45) is 0.425. The minimum atomic E-state index is -0.912. The smallest absolute Gasteiger partial charge is 0.309 e. The van der Waals surface area contributed by atoms with Gasteiger partial charge in [0.1, 0.15) is 0 Å². The normalized spacial score (nSPS) is 12.0. The van der Waals surface area contributed by atoms with E-state index >= 15 is 0 Å². The van der Waals surface area contributed by atoms with Gasteiger partial charge in [0.05, 0.1) is 5.41 Å². The lowest BCUT2D eigenvalue weighted by molar-refractivity contribution is -0.146. The second-order valence-electron chi connectivity index (χ2n) is 10.7. The number of hydrogen-bond acceptors (Lipinski definition) is 2. The number of carbonyl (C=O) groups is 1. The number of benzene rings is 3. The third-order valence-electron chi connectivity index (χ3n) is 6.80. The third-order valence-corrected chi connectivity index (χ3v) is 8.38. The van der Waals surface area contributed by atoms with Crippen LogP contribution in [0.5, 0.6) is 0 Å². The molecule has 0 amide bonds. The Balaban J connectivity index is 1.98. The molecule has 0 saturated heterocycles. The first kappa shape index (κ1) is 26.4. The Bertz CT molecular complexity index is 1420. The fourth-order valence-electron chi connectivity index (χ4n) is 4.51. The molecule has 188 valence electrons. The molecular formula is C31H34ClNO2S. The van der Waals surface area contributed by atoms with Crippen LogP contribution in [0.25, 0.3) is 10.9 Å². The molecule has 4 rings (SSSR count). The van der Waals surface area contributed by atoms with Crippen LogP contribution in [-0.2, 0) is 17.8 Å². The van der Waals surface area contributed by atoms with Crippen molar-refractivity contribution in [3.05, 3.63) is 93.6 Å². The number of carboxylic acid groups (broad SMARTS) is 1. The van der Waals surface area contributed by atoms with Crippen molar-refractivity contribution in [2.24, 2.45) is 5.41 Å². The van der Waals surface area contributed by atoms with Crippen molar-refractivity contribution >= 4 is 40.2 Å². The lowest BCUT2D eigenvalue weighted by Crippen LogP contribution is -2.27. The van der Waals surface area contributed by atoms with Crippen molar-refractivity contribution in [2.75, 3.05) is 0 Å². The molecule has 0 spiro atoms. The van der Waals surface area contributed by atoms with Crippen LogP contribution in [0.15, 0.2) is 70.5 Å². The van der Waals surface area contributed by atoms with Crippen LogP contribution in [0.1, 0.15) is 61.6 Å². The van der Waals surface area contributed by atoms with Gasteiger partial charge in [-0.1, -0.05) is 73.1 Å². The summed E-state index contributed by atoms with van der Waals surface area (Å²) in [4.78, 5) is 14.6. The van der Waals surface area contributed by atoms with Gasteiger partial charge in [-0.3, -0.25) is 4.79 Å². The van der Waals surface area contributed by atoms with Gasteiger partial charge < -0.3 is 9.67 Å². The second kappa shape index (κ2) is 10.4. The van der Waals surface area contributed by atoms with Gasteiger partial charge in [0.25, 0.3) is 0 Å². The molecule has 1 N–H and O–H groups in total. The van der Waals surface area contributed by atoms with Crippen molar-refractivity contribution in [1.29, 1.82) is 0 Å². The zero-order chi connectivity index (χ0) is 26.2. The zero-order valence-corrected chi connectivity index (χ0v) is 23.4. The molecule has 0 aliphatic heterocycles. The summed E-state index contributed by atoms with van der Waals surface area (Å²) in [6.45, 7) is 12.9. The van der Waals surface area contributed by atoms with Gasteiger partial charge in [0.15, 0.2) is 0 Å².